The Hall–Kier alpha value is -1.71. The van der Waals surface area contributed by atoms with Crippen molar-refractivity contribution in [3.05, 3.63) is 23.8 Å². The van der Waals surface area contributed by atoms with Crippen molar-refractivity contribution in [1.82, 2.24) is 0 Å². The standard InChI is InChI=1S/C17H25NO3/c1-12-11-13(21-17(2,3)4)8-9-14(12)18-10-6-7-15(18)16(19)20-5/h8-9,11,15H,6-7,10H2,1-5H3. The van der Waals surface area contributed by atoms with Gasteiger partial charge in [-0.15, -0.1) is 0 Å². The van der Waals surface area contributed by atoms with E-state index in [1.165, 1.54) is 7.11 Å². The molecule has 2 rings (SSSR count). The van der Waals surface area contributed by atoms with Crippen LogP contribution in [0.1, 0.15) is 39.2 Å². The smallest absolute Gasteiger partial charge is 0.328 e. The van der Waals surface area contributed by atoms with Crippen LogP contribution in [0.5, 0.6) is 5.75 Å². The minimum Gasteiger partial charge on any atom is -0.488 e. The molecule has 0 amide bonds. The molecule has 1 aromatic carbocycles. The number of nitrogens with zero attached hydrogens (tertiary/aromatic N) is 1. The van der Waals surface area contributed by atoms with Crippen LogP contribution in [0.4, 0.5) is 5.69 Å². The first kappa shape index (κ1) is 15.7. The lowest BCUT2D eigenvalue weighted by molar-refractivity contribution is -0.141. The first-order chi connectivity index (χ1) is 9.81. The van der Waals surface area contributed by atoms with Crippen LogP contribution in [0.2, 0.25) is 0 Å². The van der Waals surface area contributed by atoms with E-state index in [4.69, 9.17) is 9.47 Å². The zero-order valence-corrected chi connectivity index (χ0v) is 13.6. The van der Waals surface area contributed by atoms with E-state index >= 15 is 0 Å². The molecule has 1 aliphatic rings. The third kappa shape index (κ3) is 3.69. The van der Waals surface area contributed by atoms with Gasteiger partial charge in [0.2, 0.25) is 0 Å². The highest BCUT2D eigenvalue weighted by Crippen LogP contribution is 2.32. The van der Waals surface area contributed by atoms with E-state index in [9.17, 15) is 4.79 Å². The number of anilines is 1. The molecule has 0 bridgehead atoms. The normalized spacial score (nSPS) is 18.7. The summed E-state index contributed by atoms with van der Waals surface area (Å²) in [5.74, 6) is 0.708. The van der Waals surface area contributed by atoms with E-state index in [2.05, 4.69) is 11.8 Å². The van der Waals surface area contributed by atoms with E-state index in [0.717, 1.165) is 36.4 Å². The van der Waals surface area contributed by atoms with Crippen LogP contribution in [-0.4, -0.2) is 31.3 Å². The average molecular weight is 291 g/mol. The summed E-state index contributed by atoms with van der Waals surface area (Å²) < 4.78 is 10.8. The largest absolute Gasteiger partial charge is 0.488 e. The SMILES string of the molecule is COC(=O)C1CCCN1c1ccc(OC(C)(C)C)cc1C. The third-order valence-corrected chi connectivity index (χ3v) is 3.63. The van der Waals surface area contributed by atoms with E-state index < -0.39 is 0 Å². The van der Waals surface area contributed by atoms with Gasteiger partial charge < -0.3 is 14.4 Å². The lowest BCUT2D eigenvalue weighted by Crippen LogP contribution is -2.37. The van der Waals surface area contributed by atoms with E-state index in [0.29, 0.717) is 0 Å². The Morgan fingerprint density at radius 1 is 1.33 bits per heavy atom. The maximum absolute atomic E-state index is 11.9. The maximum atomic E-state index is 11.9. The van der Waals surface area contributed by atoms with E-state index in [-0.39, 0.29) is 17.6 Å². The summed E-state index contributed by atoms with van der Waals surface area (Å²) in [5.41, 5.74) is 1.99. The highest BCUT2D eigenvalue weighted by molar-refractivity contribution is 5.81. The fourth-order valence-electron chi connectivity index (χ4n) is 2.80. The summed E-state index contributed by atoms with van der Waals surface area (Å²) >= 11 is 0. The van der Waals surface area contributed by atoms with Gasteiger partial charge in [0.05, 0.1) is 7.11 Å². The third-order valence-electron chi connectivity index (χ3n) is 3.63. The van der Waals surface area contributed by atoms with Crippen molar-refractivity contribution in [2.24, 2.45) is 0 Å². The highest BCUT2D eigenvalue weighted by Gasteiger charge is 2.32. The molecule has 1 aliphatic heterocycles. The Morgan fingerprint density at radius 2 is 2.05 bits per heavy atom. The Labute approximate surface area is 127 Å². The molecule has 1 aromatic rings. The summed E-state index contributed by atoms with van der Waals surface area (Å²) in [5, 5.41) is 0. The lowest BCUT2D eigenvalue weighted by atomic mass is 10.1. The number of rotatable bonds is 3. The molecule has 1 heterocycles. The van der Waals surface area contributed by atoms with Crippen molar-refractivity contribution < 1.29 is 14.3 Å². The first-order valence-corrected chi connectivity index (χ1v) is 7.46. The number of ether oxygens (including phenoxy) is 2. The molecule has 0 aliphatic carbocycles. The number of aryl methyl sites for hydroxylation is 1. The van der Waals surface area contributed by atoms with Crippen molar-refractivity contribution in [1.29, 1.82) is 0 Å². The molecule has 1 saturated heterocycles. The monoisotopic (exact) mass is 291 g/mol. The predicted molar refractivity (Wildman–Crippen MR) is 83.9 cm³/mol. The van der Waals surface area contributed by atoms with Gasteiger partial charge in [-0.05, 0) is 64.3 Å². The molecule has 0 radical (unpaired) electrons. The van der Waals surface area contributed by atoms with Gasteiger partial charge >= 0.3 is 5.97 Å². The molecule has 21 heavy (non-hydrogen) atoms. The number of methoxy groups -OCH3 is 1. The minimum absolute atomic E-state index is 0.151. The summed E-state index contributed by atoms with van der Waals surface area (Å²) in [6, 6.07) is 5.88. The predicted octanol–water partition coefficient (Wildman–Crippen LogP) is 3.31. The van der Waals surface area contributed by atoms with Crippen molar-refractivity contribution in [3.63, 3.8) is 0 Å². The molecule has 0 saturated carbocycles. The summed E-state index contributed by atoms with van der Waals surface area (Å²) in [4.78, 5) is 14.0. The van der Waals surface area contributed by atoms with Crippen molar-refractivity contribution >= 4 is 11.7 Å². The van der Waals surface area contributed by atoms with Gasteiger partial charge in [-0.25, -0.2) is 4.79 Å². The van der Waals surface area contributed by atoms with Crippen molar-refractivity contribution in [2.45, 2.75) is 52.2 Å². The average Bonchev–Trinajstić information content (AvgIpc) is 2.85. The molecular weight excluding hydrogens is 266 g/mol. The van der Waals surface area contributed by atoms with Gasteiger partial charge in [0.1, 0.15) is 17.4 Å². The van der Waals surface area contributed by atoms with Gasteiger partial charge in [0, 0.05) is 12.2 Å². The summed E-state index contributed by atoms with van der Waals surface area (Å²) in [6.45, 7) is 9.04. The Kier molecular flexibility index (Phi) is 4.45. The molecule has 1 fully saturated rings. The first-order valence-electron chi connectivity index (χ1n) is 7.46. The van der Waals surface area contributed by atoms with E-state index in [1.807, 2.05) is 39.0 Å². The van der Waals surface area contributed by atoms with Crippen molar-refractivity contribution in [3.8, 4) is 5.75 Å². The van der Waals surface area contributed by atoms with Crippen molar-refractivity contribution in [2.75, 3.05) is 18.6 Å². The molecule has 0 aromatic heterocycles. The zero-order chi connectivity index (χ0) is 15.6. The van der Waals surface area contributed by atoms with Crippen LogP contribution < -0.4 is 9.64 Å². The number of carbonyl (C=O) groups excluding carboxylic acids is 1. The molecule has 1 atom stereocenters. The molecule has 116 valence electrons. The molecule has 4 nitrogen and oxygen atoms in total. The maximum Gasteiger partial charge on any atom is 0.328 e. The van der Waals surface area contributed by atoms with Gasteiger partial charge in [-0.3, -0.25) is 0 Å². The zero-order valence-electron chi connectivity index (χ0n) is 13.6. The second-order valence-electron chi connectivity index (χ2n) is 6.54. The van der Waals surface area contributed by atoms with Crippen LogP contribution in [0.3, 0.4) is 0 Å². The van der Waals surface area contributed by atoms with Crippen LogP contribution in [0, 0.1) is 6.92 Å². The molecular formula is C17H25NO3. The summed E-state index contributed by atoms with van der Waals surface area (Å²) in [7, 11) is 1.45. The fourth-order valence-corrected chi connectivity index (χ4v) is 2.80. The quantitative estimate of drug-likeness (QED) is 0.801. The van der Waals surface area contributed by atoms with Gasteiger partial charge in [-0.2, -0.15) is 0 Å². The number of carbonyl (C=O) groups is 1. The minimum atomic E-state index is -0.212. The highest BCUT2D eigenvalue weighted by atomic mass is 16.5. The van der Waals surface area contributed by atoms with Gasteiger partial charge in [0.15, 0.2) is 0 Å². The number of esters is 1. The van der Waals surface area contributed by atoms with Crippen LogP contribution >= 0.6 is 0 Å². The number of benzene rings is 1. The van der Waals surface area contributed by atoms with Crippen LogP contribution in [0.25, 0.3) is 0 Å². The van der Waals surface area contributed by atoms with Crippen LogP contribution in [-0.2, 0) is 9.53 Å². The summed E-state index contributed by atoms with van der Waals surface area (Å²) in [6.07, 6.45) is 1.87. The Morgan fingerprint density at radius 3 is 2.62 bits per heavy atom. The lowest BCUT2D eigenvalue weighted by Gasteiger charge is -2.27. The molecule has 1 unspecified atom stereocenters. The topological polar surface area (TPSA) is 38.8 Å². The van der Waals surface area contributed by atoms with Gasteiger partial charge in [-0.1, -0.05) is 0 Å². The second-order valence-corrected chi connectivity index (χ2v) is 6.54. The fraction of sp³-hybridized carbons (Fsp3) is 0.588. The number of hydrogen-bond acceptors (Lipinski definition) is 4. The molecule has 0 spiro atoms. The van der Waals surface area contributed by atoms with Crippen LogP contribution in [0.15, 0.2) is 18.2 Å². The molecule has 0 N–H and O–H groups in total. The Balaban J connectivity index is 2.22. The number of hydrogen-bond donors (Lipinski definition) is 0. The van der Waals surface area contributed by atoms with E-state index in [1.54, 1.807) is 0 Å². The molecule has 4 heteroatoms. The van der Waals surface area contributed by atoms with Gasteiger partial charge in [0.25, 0.3) is 0 Å². The Bertz CT molecular complexity index is 519. The second kappa shape index (κ2) is 5.96.